The topological polar surface area (TPSA) is 46.6 Å². The standard InChI is InChI=1S/C19H12BrCl2NO3/c20-10-4-6-11(7-5-10)23-15-9-26-19(25)17(15)13(8-16(23)24)12-2-1-3-14(21)18(12)22/h1-7,13H,8-9H2. The molecule has 7 heteroatoms. The molecule has 2 aliphatic rings. The normalized spacial score (nSPS) is 19.7. The summed E-state index contributed by atoms with van der Waals surface area (Å²) >= 11 is 15.9. The highest BCUT2D eigenvalue weighted by atomic mass is 79.9. The fourth-order valence-corrected chi connectivity index (χ4v) is 4.10. The third-order valence-electron chi connectivity index (χ3n) is 4.56. The lowest BCUT2D eigenvalue weighted by atomic mass is 9.84. The molecule has 0 fully saturated rings. The minimum absolute atomic E-state index is 0.0602. The zero-order chi connectivity index (χ0) is 18.4. The molecule has 4 nitrogen and oxygen atoms in total. The molecule has 0 radical (unpaired) electrons. The van der Waals surface area contributed by atoms with Gasteiger partial charge in [-0.15, -0.1) is 0 Å². The van der Waals surface area contributed by atoms with E-state index in [2.05, 4.69) is 15.9 Å². The van der Waals surface area contributed by atoms with E-state index in [9.17, 15) is 9.59 Å². The summed E-state index contributed by atoms with van der Waals surface area (Å²) in [6.07, 6.45) is 0.115. The van der Waals surface area contributed by atoms with Crippen molar-refractivity contribution in [2.75, 3.05) is 11.5 Å². The molecule has 4 rings (SSSR count). The predicted octanol–water partition coefficient (Wildman–Crippen LogP) is 5.09. The number of carbonyl (C=O) groups is 2. The number of carbonyl (C=O) groups excluding carboxylic acids is 2. The van der Waals surface area contributed by atoms with E-state index in [-0.39, 0.29) is 18.9 Å². The van der Waals surface area contributed by atoms with Crippen LogP contribution in [-0.4, -0.2) is 18.5 Å². The number of benzene rings is 2. The van der Waals surface area contributed by atoms with Crippen molar-refractivity contribution in [2.24, 2.45) is 0 Å². The molecule has 2 aromatic carbocycles. The largest absolute Gasteiger partial charge is 0.456 e. The number of cyclic esters (lactones) is 1. The zero-order valence-electron chi connectivity index (χ0n) is 13.3. The first kappa shape index (κ1) is 17.6. The first-order valence-electron chi connectivity index (χ1n) is 7.90. The molecule has 0 bridgehead atoms. The van der Waals surface area contributed by atoms with Crippen LogP contribution in [0.1, 0.15) is 17.9 Å². The van der Waals surface area contributed by atoms with Gasteiger partial charge >= 0.3 is 5.97 Å². The Kier molecular flexibility index (Phi) is 4.55. The summed E-state index contributed by atoms with van der Waals surface area (Å²) in [5, 5.41) is 0.746. The van der Waals surface area contributed by atoms with Gasteiger partial charge in [-0.05, 0) is 35.9 Å². The van der Waals surface area contributed by atoms with E-state index in [1.54, 1.807) is 23.1 Å². The van der Waals surface area contributed by atoms with Gasteiger partial charge in [-0.2, -0.15) is 0 Å². The molecule has 2 aliphatic heterocycles. The second-order valence-electron chi connectivity index (χ2n) is 6.04. The van der Waals surface area contributed by atoms with Crippen molar-refractivity contribution in [3.05, 3.63) is 73.8 Å². The first-order valence-corrected chi connectivity index (χ1v) is 9.45. The van der Waals surface area contributed by atoms with Crippen molar-refractivity contribution in [2.45, 2.75) is 12.3 Å². The van der Waals surface area contributed by atoms with Gasteiger partial charge in [0.1, 0.15) is 6.61 Å². The maximum absolute atomic E-state index is 12.9. The minimum Gasteiger partial charge on any atom is -0.456 e. The van der Waals surface area contributed by atoms with Crippen molar-refractivity contribution in [1.29, 1.82) is 0 Å². The van der Waals surface area contributed by atoms with E-state index < -0.39 is 11.9 Å². The van der Waals surface area contributed by atoms with E-state index in [4.69, 9.17) is 27.9 Å². The summed E-state index contributed by atoms with van der Waals surface area (Å²) in [6, 6.07) is 12.6. The Labute approximate surface area is 168 Å². The molecule has 0 N–H and O–H groups in total. The third kappa shape index (κ3) is 2.84. The molecule has 0 saturated carbocycles. The van der Waals surface area contributed by atoms with Crippen LogP contribution in [0.25, 0.3) is 0 Å². The number of nitrogens with zero attached hydrogens (tertiary/aromatic N) is 1. The van der Waals surface area contributed by atoms with Gasteiger partial charge in [0, 0.05) is 22.5 Å². The average Bonchev–Trinajstić information content (AvgIpc) is 3.00. The summed E-state index contributed by atoms with van der Waals surface area (Å²) in [5.41, 5.74) is 2.39. The number of ether oxygens (including phenoxy) is 1. The van der Waals surface area contributed by atoms with Crippen LogP contribution in [0.4, 0.5) is 5.69 Å². The second kappa shape index (κ2) is 6.72. The van der Waals surface area contributed by atoms with Crippen LogP contribution < -0.4 is 4.90 Å². The Bertz CT molecular complexity index is 956. The van der Waals surface area contributed by atoms with Crippen molar-refractivity contribution >= 4 is 56.7 Å². The van der Waals surface area contributed by atoms with E-state index in [1.165, 1.54) is 0 Å². The number of anilines is 1. The van der Waals surface area contributed by atoms with Crippen LogP contribution >= 0.6 is 39.1 Å². The maximum Gasteiger partial charge on any atom is 0.336 e. The number of rotatable bonds is 2. The lowest BCUT2D eigenvalue weighted by Gasteiger charge is -2.32. The summed E-state index contributed by atoms with van der Waals surface area (Å²) < 4.78 is 6.16. The molecule has 1 amide bonds. The van der Waals surface area contributed by atoms with Crippen LogP contribution in [-0.2, 0) is 14.3 Å². The fourth-order valence-electron chi connectivity index (χ4n) is 3.40. The average molecular weight is 453 g/mol. The van der Waals surface area contributed by atoms with Gasteiger partial charge in [0.15, 0.2) is 0 Å². The van der Waals surface area contributed by atoms with Gasteiger partial charge in [0.25, 0.3) is 0 Å². The van der Waals surface area contributed by atoms with Gasteiger partial charge < -0.3 is 4.74 Å². The molecule has 0 aliphatic carbocycles. The van der Waals surface area contributed by atoms with Crippen molar-refractivity contribution in [3.63, 3.8) is 0 Å². The number of esters is 1. The van der Waals surface area contributed by atoms with E-state index in [1.807, 2.05) is 24.3 Å². The third-order valence-corrected chi connectivity index (χ3v) is 5.92. The zero-order valence-corrected chi connectivity index (χ0v) is 16.4. The van der Waals surface area contributed by atoms with Gasteiger partial charge in [-0.1, -0.05) is 51.3 Å². The Morgan fingerprint density at radius 2 is 1.81 bits per heavy atom. The monoisotopic (exact) mass is 451 g/mol. The molecule has 2 heterocycles. The highest BCUT2D eigenvalue weighted by Crippen LogP contribution is 2.44. The Hall–Kier alpha value is -1.82. The Balaban J connectivity index is 1.85. The van der Waals surface area contributed by atoms with Crippen molar-refractivity contribution < 1.29 is 14.3 Å². The van der Waals surface area contributed by atoms with E-state index in [0.717, 1.165) is 4.47 Å². The number of amides is 1. The fraction of sp³-hybridized carbons (Fsp3) is 0.158. The molecule has 0 spiro atoms. The Morgan fingerprint density at radius 3 is 2.54 bits per heavy atom. The Morgan fingerprint density at radius 1 is 1.08 bits per heavy atom. The molecular formula is C19H12BrCl2NO3. The molecule has 2 aromatic rings. The van der Waals surface area contributed by atoms with Crippen LogP contribution in [0, 0.1) is 0 Å². The molecule has 132 valence electrons. The summed E-state index contributed by atoms with van der Waals surface area (Å²) in [5.74, 6) is -1.01. The molecule has 0 saturated heterocycles. The van der Waals surface area contributed by atoms with Crippen molar-refractivity contribution in [1.82, 2.24) is 0 Å². The van der Waals surface area contributed by atoms with E-state index in [0.29, 0.717) is 32.6 Å². The van der Waals surface area contributed by atoms with Crippen LogP contribution in [0.3, 0.4) is 0 Å². The maximum atomic E-state index is 12.9. The van der Waals surface area contributed by atoms with Crippen LogP contribution in [0.2, 0.25) is 10.0 Å². The minimum atomic E-state index is -0.467. The molecule has 0 aromatic heterocycles. The van der Waals surface area contributed by atoms with E-state index >= 15 is 0 Å². The highest BCUT2D eigenvalue weighted by Gasteiger charge is 2.43. The molecular weight excluding hydrogens is 441 g/mol. The second-order valence-corrected chi connectivity index (χ2v) is 7.74. The lowest BCUT2D eigenvalue weighted by molar-refractivity contribution is -0.136. The number of hydrogen-bond acceptors (Lipinski definition) is 3. The summed E-state index contributed by atoms with van der Waals surface area (Å²) in [6.45, 7) is 0.0602. The first-order chi connectivity index (χ1) is 12.5. The molecule has 26 heavy (non-hydrogen) atoms. The van der Waals surface area contributed by atoms with Gasteiger partial charge in [0.2, 0.25) is 5.91 Å². The summed E-state index contributed by atoms with van der Waals surface area (Å²) in [4.78, 5) is 26.9. The van der Waals surface area contributed by atoms with Gasteiger partial charge in [0.05, 0.1) is 21.3 Å². The van der Waals surface area contributed by atoms with Gasteiger partial charge in [-0.25, -0.2) is 4.79 Å². The van der Waals surface area contributed by atoms with Crippen molar-refractivity contribution in [3.8, 4) is 0 Å². The SMILES string of the molecule is O=C1OCC2=C1C(c1cccc(Cl)c1Cl)CC(=O)N2c1ccc(Br)cc1. The molecule has 1 unspecified atom stereocenters. The smallest absolute Gasteiger partial charge is 0.336 e. The molecule has 1 atom stereocenters. The lowest BCUT2D eigenvalue weighted by Crippen LogP contribution is -2.37. The number of hydrogen-bond donors (Lipinski definition) is 0. The predicted molar refractivity (Wildman–Crippen MR) is 103 cm³/mol. The highest BCUT2D eigenvalue weighted by molar-refractivity contribution is 9.10. The quantitative estimate of drug-likeness (QED) is 0.596. The van der Waals surface area contributed by atoms with Crippen LogP contribution in [0.5, 0.6) is 0 Å². The number of halogens is 3. The summed E-state index contributed by atoms with van der Waals surface area (Å²) in [7, 11) is 0. The van der Waals surface area contributed by atoms with Gasteiger partial charge in [-0.3, -0.25) is 9.69 Å². The van der Waals surface area contributed by atoms with Crippen LogP contribution in [0.15, 0.2) is 58.2 Å².